The SMILES string of the molecule is COC(=O)[C@H](CC(C)C)NC(=O)CNC(=O)c1ccc(N2CCCC2=O)cc1. The van der Waals surface area contributed by atoms with Gasteiger partial charge in [0.1, 0.15) is 6.04 Å². The van der Waals surface area contributed by atoms with Crippen molar-refractivity contribution in [1.29, 1.82) is 0 Å². The van der Waals surface area contributed by atoms with E-state index in [2.05, 4.69) is 10.6 Å². The molecule has 2 rings (SSSR count). The van der Waals surface area contributed by atoms with Gasteiger partial charge in [0.05, 0.1) is 13.7 Å². The van der Waals surface area contributed by atoms with Crippen LogP contribution in [0.1, 0.15) is 43.5 Å². The number of ether oxygens (including phenoxy) is 1. The molecule has 1 aromatic carbocycles. The van der Waals surface area contributed by atoms with Crippen LogP contribution in [0.5, 0.6) is 0 Å². The Morgan fingerprint density at radius 2 is 1.86 bits per heavy atom. The number of benzene rings is 1. The largest absolute Gasteiger partial charge is 0.467 e. The second-order valence-electron chi connectivity index (χ2n) is 7.15. The number of carbonyl (C=O) groups excluding carboxylic acids is 4. The fourth-order valence-electron chi connectivity index (χ4n) is 3.05. The first kappa shape index (κ1) is 21.4. The predicted molar refractivity (Wildman–Crippen MR) is 104 cm³/mol. The molecule has 1 heterocycles. The van der Waals surface area contributed by atoms with Crippen LogP contribution < -0.4 is 15.5 Å². The molecule has 0 saturated carbocycles. The Balaban J connectivity index is 1.87. The Hall–Kier alpha value is -2.90. The molecule has 0 aliphatic carbocycles. The molecule has 152 valence electrons. The van der Waals surface area contributed by atoms with Crippen molar-refractivity contribution in [2.75, 3.05) is 25.1 Å². The molecule has 8 nitrogen and oxygen atoms in total. The van der Waals surface area contributed by atoms with Crippen LogP contribution in [-0.2, 0) is 19.1 Å². The third kappa shape index (κ3) is 5.80. The number of nitrogens with one attached hydrogen (secondary N) is 2. The fourth-order valence-corrected chi connectivity index (χ4v) is 3.05. The first-order valence-corrected chi connectivity index (χ1v) is 9.37. The number of nitrogens with zero attached hydrogens (tertiary/aromatic N) is 1. The van der Waals surface area contributed by atoms with E-state index in [1.54, 1.807) is 29.2 Å². The molecular formula is C20H27N3O5. The van der Waals surface area contributed by atoms with Gasteiger partial charge in [0.15, 0.2) is 0 Å². The van der Waals surface area contributed by atoms with Crippen molar-refractivity contribution in [3.63, 3.8) is 0 Å². The lowest BCUT2D eigenvalue weighted by Crippen LogP contribution is -2.46. The molecule has 0 bridgehead atoms. The van der Waals surface area contributed by atoms with Crippen molar-refractivity contribution in [3.8, 4) is 0 Å². The van der Waals surface area contributed by atoms with E-state index in [0.29, 0.717) is 24.9 Å². The molecule has 1 saturated heterocycles. The van der Waals surface area contributed by atoms with E-state index in [1.165, 1.54) is 7.11 Å². The van der Waals surface area contributed by atoms with E-state index in [-0.39, 0.29) is 18.4 Å². The summed E-state index contributed by atoms with van der Waals surface area (Å²) in [5.74, 6) is -1.12. The minimum Gasteiger partial charge on any atom is -0.467 e. The van der Waals surface area contributed by atoms with Gasteiger partial charge in [-0.25, -0.2) is 4.79 Å². The highest BCUT2D eigenvalue weighted by atomic mass is 16.5. The number of rotatable bonds is 8. The number of esters is 1. The maximum atomic E-state index is 12.2. The molecule has 0 aromatic heterocycles. The summed E-state index contributed by atoms with van der Waals surface area (Å²) in [5.41, 5.74) is 1.14. The molecule has 1 aromatic rings. The minimum atomic E-state index is -0.744. The van der Waals surface area contributed by atoms with Crippen LogP contribution in [0.2, 0.25) is 0 Å². The summed E-state index contributed by atoms with van der Waals surface area (Å²) in [4.78, 5) is 49.5. The summed E-state index contributed by atoms with van der Waals surface area (Å²) >= 11 is 0. The smallest absolute Gasteiger partial charge is 0.328 e. The Bertz CT molecular complexity index is 730. The second-order valence-corrected chi connectivity index (χ2v) is 7.15. The zero-order chi connectivity index (χ0) is 20.7. The van der Waals surface area contributed by atoms with Gasteiger partial charge >= 0.3 is 5.97 Å². The number of carbonyl (C=O) groups is 4. The monoisotopic (exact) mass is 389 g/mol. The van der Waals surface area contributed by atoms with Crippen LogP contribution in [-0.4, -0.2) is 49.9 Å². The number of hydrogen-bond donors (Lipinski definition) is 2. The van der Waals surface area contributed by atoms with E-state index in [9.17, 15) is 19.2 Å². The summed E-state index contributed by atoms with van der Waals surface area (Å²) < 4.78 is 4.70. The highest BCUT2D eigenvalue weighted by Crippen LogP contribution is 2.21. The van der Waals surface area contributed by atoms with Crippen molar-refractivity contribution in [3.05, 3.63) is 29.8 Å². The first-order valence-electron chi connectivity index (χ1n) is 9.37. The Morgan fingerprint density at radius 1 is 1.18 bits per heavy atom. The van der Waals surface area contributed by atoms with Crippen LogP contribution in [0.4, 0.5) is 5.69 Å². The fraction of sp³-hybridized carbons (Fsp3) is 0.500. The molecule has 0 spiro atoms. The van der Waals surface area contributed by atoms with Crippen LogP contribution in [0.15, 0.2) is 24.3 Å². The lowest BCUT2D eigenvalue weighted by Gasteiger charge is -2.18. The summed E-state index contributed by atoms with van der Waals surface area (Å²) in [5, 5.41) is 5.11. The van der Waals surface area contributed by atoms with Gasteiger partial charge in [0, 0.05) is 24.2 Å². The topological polar surface area (TPSA) is 105 Å². The second kappa shape index (κ2) is 9.87. The molecule has 0 unspecified atom stereocenters. The molecule has 1 aliphatic rings. The van der Waals surface area contributed by atoms with Crippen LogP contribution >= 0.6 is 0 Å². The highest BCUT2D eigenvalue weighted by molar-refractivity contribution is 5.98. The number of amides is 3. The lowest BCUT2D eigenvalue weighted by molar-refractivity contribution is -0.145. The van der Waals surface area contributed by atoms with Crippen molar-refractivity contribution < 1.29 is 23.9 Å². The summed E-state index contributed by atoms with van der Waals surface area (Å²) in [7, 11) is 1.27. The van der Waals surface area contributed by atoms with Gasteiger partial charge in [0.2, 0.25) is 11.8 Å². The Kier molecular flexibility index (Phi) is 7.54. The van der Waals surface area contributed by atoms with Gasteiger partial charge in [-0.2, -0.15) is 0 Å². The molecule has 3 amide bonds. The summed E-state index contributed by atoms with van der Waals surface area (Å²) in [6.45, 7) is 4.30. The molecule has 2 N–H and O–H groups in total. The summed E-state index contributed by atoms with van der Waals surface area (Å²) in [6.07, 6.45) is 1.82. The van der Waals surface area contributed by atoms with Crippen molar-refractivity contribution in [2.24, 2.45) is 5.92 Å². The molecule has 1 fully saturated rings. The van der Waals surface area contributed by atoms with Crippen molar-refractivity contribution >= 4 is 29.4 Å². The molecular weight excluding hydrogens is 362 g/mol. The van der Waals surface area contributed by atoms with Crippen LogP contribution in [0.25, 0.3) is 0 Å². The standard InChI is InChI=1S/C20H27N3O5/c1-13(2)11-16(20(27)28-3)22-17(24)12-21-19(26)14-6-8-15(9-7-14)23-10-4-5-18(23)25/h6-9,13,16H,4-5,10-12H2,1-3H3,(H,21,26)(H,22,24)/t16-/m0/s1. The van der Waals surface area contributed by atoms with E-state index < -0.39 is 23.8 Å². The van der Waals surface area contributed by atoms with Crippen LogP contribution in [0.3, 0.4) is 0 Å². The lowest BCUT2D eigenvalue weighted by atomic mass is 10.0. The van der Waals surface area contributed by atoms with Crippen molar-refractivity contribution in [1.82, 2.24) is 10.6 Å². The van der Waals surface area contributed by atoms with Gasteiger partial charge < -0.3 is 20.3 Å². The zero-order valence-electron chi connectivity index (χ0n) is 16.5. The average molecular weight is 389 g/mol. The van der Waals surface area contributed by atoms with Gasteiger partial charge in [-0.3, -0.25) is 14.4 Å². The predicted octanol–water partition coefficient (Wildman–Crippen LogP) is 1.25. The van der Waals surface area contributed by atoms with Gasteiger partial charge in [0.25, 0.3) is 5.91 Å². The van der Waals surface area contributed by atoms with Gasteiger partial charge in [-0.15, -0.1) is 0 Å². The van der Waals surface area contributed by atoms with E-state index in [4.69, 9.17) is 4.74 Å². The maximum Gasteiger partial charge on any atom is 0.328 e. The normalized spacial score (nSPS) is 14.7. The van der Waals surface area contributed by atoms with E-state index in [0.717, 1.165) is 12.1 Å². The quantitative estimate of drug-likeness (QED) is 0.651. The van der Waals surface area contributed by atoms with Crippen molar-refractivity contribution in [2.45, 2.75) is 39.2 Å². The maximum absolute atomic E-state index is 12.2. The molecule has 1 atom stereocenters. The highest BCUT2D eigenvalue weighted by Gasteiger charge is 2.23. The van der Waals surface area contributed by atoms with Gasteiger partial charge in [-0.05, 0) is 43.0 Å². The molecule has 8 heteroatoms. The third-order valence-corrected chi connectivity index (χ3v) is 4.45. The number of methoxy groups -OCH3 is 1. The number of anilines is 1. The average Bonchev–Trinajstić information content (AvgIpc) is 3.10. The number of hydrogen-bond acceptors (Lipinski definition) is 5. The Morgan fingerprint density at radius 3 is 2.39 bits per heavy atom. The minimum absolute atomic E-state index is 0.0791. The first-order chi connectivity index (χ1) is 13.3. The molecule has 1 aliphatic heterocycles. The van der Waals surface area contributed by atoms with Crippen LogP contribution in [0, 0.1) is 5.92 Å². The van der Waals surface area contributed by atoms with E-state index in [1.807, 2.05) is 13.8 Å². The third-order valence-electron chi connectivity index (χ3n) is 4.45. The van der Waals surface area contributed by atoms with Gasteiger partial charge in [-0.1, -0.05) is 13.8 Å². The summed E-state index contributed by atoms with van der Waals surface area (Å²) in [6, 6.07) is 5.92. The molecule has 0 radical (unpaired) electrons. The van der Waals surface area contributed by atoms with E-state index >= 15 is 0 Å². The zero-order valence-corrected chi connectivity index (χ0v) is 16.5. The molecule has 28 heavy (non-hydrogen) atoms. The Labute approximate surface area is 164 Å².